The topological polar surface area (TPSA) is 24.8 Å². The van der Waals surface area contributed by atoms with Crippen LogP contribution in [0.2, 0.25) is 0 Å². The monoisotopic (exact) mass is 536 g/mol. The van der Waals surface area contributed by atoms with Crippen molar-refractivity contribution in [3.8, 4) is 22.3 Å². The van der Waals surface area contributed by atoms with E-state index >= 15 is 4.57 Å². The average molecular weight is 537 g/mol. The van der Waals surface area contributed by atoms with E-state index in [1.54, 1.807) is 0 Å². The van der Waals surface area contributed by atoms with Crippen LogP contribution in [0.4, 0.5) is 0 Å². The highest BCUT2D eigenvalue weighted by Crippen LogP contribution is 2.52. The van der Waals surface area contributed by atoms with E-state index in [1.165, 1.54) is 11.1 Å². The molecule has 2 aromatic heterocycles. The molecule has 0 radical (unpaired) electrons. The fourth-order valence-electron chi connectivity index (χ4n) is 5.69. The van der Waals surface area contributed by atoms with Gasteiger partial charge in [-0.15, -0.1) is 0 Å². The van der Waals surface area contributed by atoms with E-state index in [0.29, 0.717) is 0 Å². The summed E-state index contributed by atoms with van der Waals surface area (Å²) in [6.45, 7) is 1.56. The maximum atomic E-state index is 15.3. The van der Waals surface area contributed by atoms with Crippen LogP contribution >= 0.6 is 7.14 Å². The smallest absolute Gasteiger partial charge is 0.181 e. The second kappa shape index (κ2) is 10.2. The van der Waals surface area contributed by atoms with Gasteiger partial charge in [0, 0.05) is 45.5 Å². The Bertz CT molecular complexity index is 1850. The predicted molar refractivity (Wildman–Crippen MR) is 162 cm³/mol. The van der Waals surface area contributed by atoms with Gasteiger partial charge in [-0.05, 0) is 22.8 Å². The van der Waals surface area contributed by atoms with Crippen LogP contribution in [0, 0.1) is 0 Å². The first-order valence-corrected chi connectivity index (χ1v) is 15.3. The summed E-state index contributed by atoms with van der Waals surface area (Å²) in [5.74, 6) is 0. The summed E-state index contributed by atoms with van der Waals surface area (Å²) in [5.41, 5.74) is 6.80. The van der Waals surface area contributed by atoms with Gasteiger partial charge in [-0.3, -0.25) is 0 Å². The Balaban J connectivity index is 1.29. The molecule has 0 spiro atoms. The quantitative estimate of drug-likeness (QED) is 0.199. The number of hydrogen-bond acceptors (Lipinski definition) is 1. The summed E-state index contributed by atoms with van der Waals surface area (Å²) < 4.78 is 19.6. The summed E-state index contributed by atoms with van der Waals surface area (Å²) in [6, 6.07) is 43.7. The molecule has 1 aliphatic rings. The molecule has 4 aromatic carbocycles. The van der Waals surface area contributed by atoms with Gasteiger partial charge < -0.3 is 4.57 Å². The second-order valence-corrected chi connectivity index (χ2v) is 13.0. The first-order valence-electron chi connectivity index (χ1n) is 13.6. The van der Waals surface area contributed by atoms with Gasteiger partial charge in [-0.2, -0.15) is 4.57 Å². The molecule has 0 aliphatic carbocycles. The highest BCUT2D eigenvalue weighted by molar-refractivity contribution is 7.86. The zero-order valence-electron chi connectivity index (χ0n) is 22.1. The third kappa shape index (κ3) is 4.39. The van der Waals surface area contributed by atoms with Crippen LogP contribution in [0.15, 0.2) is 152 Å². The first kappa shape index (κ1) is 24.5. The molecule has 1 atom stereocenters. The van der Waals surface area contributed by atoms with Gasteiger partial charge in [0.1, 0.15) is 0 Å². The third-order valence-electron chi connectivity index (χ3n) is 7.72. The van der Waals surface area contributed by atoms with Crippen molar-refractivity contribution in [3.63, 3.8) is 0 Å². The molecule has 3 nitrogen and oxygen atoms in total. The molecule has 0 saturated carbocycles. The highest BCUT2D eigenvalue weighted by atomic mass is 31.2. The minimum absolute atomic E-state index is 0.734. The van der Waals surface area contributed by atoms with E-state index in [-0.39, 0.29) is 0 Å². The lowest BCUT2D eigenvalue weighted by Gasteiger charge is -2.15. The minimum Gasteiger partial charge on any atom is -0.308 e. The van der Waals surface area contributed by atoms with E-state index in [0.717, 1.165) is 51.3 Å². The molecule has 4 heteroatoms. The van der Waals surface area contributed by atoms with E-state index in [4.69, 9.17) is 0 Å². The molecule has 1 unspecified atom stereocenters. The minimum atomic E-state index is -3.06. The summed E-state index contributed by atoms with van der Waals surface area (Å²) in [7, 11) is -3.06. The number of nitrogens with zero attached hydrogens (tertiary/aromatic N) is 2. The van der Waals surface area contributed by atoms with Crippen LogP contribution in [-0.4, -0.2) is 0 Å². The summed E-state index contributed by atoms with van der Waals surface area (Å²) in [6.07, 6.45) is 8.44. The molecule has 0 saturated heterocycles. The Morgan fingerprint density at radius 3 is 1.70 bits per heavy atom. The lowest BCUT2D eigenvalue weighted by atomic mass is 10.0. The maximum absolute atomic E-state index is 15.3. The number of benzene rings is 4. The molecule has 192 valence electrons. The molecule has 0 bridgehead atoms. The molecule has 40 heavy (non-hydrogen) atoms. The molecule has 7 rings (SSSR count). The molecule has 3 heterocycles. The van der Waals surface area contributed by atoms with Crippen molar-refractivity contribution in [2.75, 3.05) is 0 Å². The number of pyridine rings is 2. The Labute approximate surface area is 235 Å². The maximum Gasteiger partial charge on any atom is 0.181 e. The normalized spacial score (nSPS) is 15.4. The van der Waals surface area contributed by atoms with Gasteiger partial charge in [0.15, 0.2) is 45.0 Å². The zero-order chi connectivity index (χ0) is 26.9. The Morgan fingerprint density at radius 2 is 1.05 bits per heavy atom. The zero-order valence-corrected chi connectivity index (χ0v) is 23.0. The number of fused-ring (bicyclic) bond motifs is 3. The van der Waals surface area contributed by atoms with Crippen LogP contribution in [0.25, 0.3) is 22.3 Å². The van der Waals surface area contributed by atoms with Crippen LogP contribution < -0.4 is 25.0 Å². The molecular weight excluding hydrogens is 507 g/mol. The van der Waals surface area contributed by atoms with Crippen LogP contribution in [0.3, 0.4) is 0 Å². The van der Waals surface area contributed by atoms with Gasteiger partial charge in [0.2, 0.25) is 0 Å². The number of hydrogen-bond donors (Lipinski definition) is 0. The standard InChI is InChI=1S/C36H29N2OP/c39-40(32-14-8-3-9-15-32)35-24-31(30-18-21-37(22-19-30)25-28-10-4-1-5-11-28)16-17-33(35)34-20-23-38(27-36(34)40)26-29-12-6-2-7-13-29/h1-24,27H,25-26H2/q+2. The molecule has 0 amide bonds. The van der Waals surface area contributed by atoms with Crippen molar-refractivity contribution >= 4 is 23.1 Å². The lowest BCUT2D eigenvalue weighted by Crippen LogP contribution is -2.37. The molecule has 1 aliphatic heterocycles. The summed E-state index contributed by atoms with van der Waals surface area (Å²) in [4.78, 5) is 0. The van der Waals surface area contributed by atoms with Gasteiger partial charge >= 0.3 is 0 Å². The van der Waals surface area contributed by atoms with E-state index in [9.17, 15) is 0 Å². The largest absolute Gasteiger partial charge is 0.308 e. The summed E-state index contributed by atoms with van der Waals surface area (Å²) in [5, 5.41) is 2.71. The van der Waals surface area contributed by atoms with Crippen molar-refractivity contribution in [2.45, 2.75) is 13.1 Å². The van der Waals surface area contributed by atoms with Crippen molar-refractivity contribution < 1.29 is 13.7 Å². The second-order valence-electron chi connectivity index (χ2n) is 10.3. The molecule has 0 N–H and O–H groups in total. The third-order valence-corrected chi connectivity index (χ3v) is 10.8. The number of rotatable bonds is 6. The van der Waals surface area contributed by atoms with Gasteiger partial charge in [-0.25, -0.2) is 4.57 Å². The van der Waals surface area contributed by atoms with E-state index < -0.39 is 7.14 Å². The van der Waals surface area contributed by atoms with Gasteiger partial charge in [0.05, 0.1) is 5.30 Å². The Kier molecular flexibility index (Phi) is 6.23. The Morgan fingerprint density at radius 1 is 0.500 bits per heavy atom. The molecule has 6 aromatic rings. The Hall–Kier alpha value is -4.59. The average Bonchev–Trinajstić information content (AvgIpc) is 3.27. The number of aromatic nitrogens is 2. The molecular formula is C36H29N2OP+2. The fraction of sp³-hybridized carbons (Fsp3) is 0.0556. The predicted octanol–water partition coefficient (Wildman–Crippen LogP) is 5.65. The van der Waals surface area contributed by atoms with E-state index in [2.05, 4.69) is 119 Å². The van der Waals surface area contributed by atoms with Crippen molar-refractivity contribution in [1.82, 2.24) is 0 Å². The summed E-state index contributed by atoms with van der Waals surface area (Å²) >= 11 is 0. The lowest BCUT2D eigenvalue weighted by molar-refractivity contribution is -0.688. The highest BCUT2D eigenvalue weighted by Gasteiger charge is 2.42. The fourth-order valence-corrected chi connectivity index (χ4v) is 8.80. The molecule has 0 fully saturated rings. The van der Waals surface area contributed by atoms with Crippen molar-refractivity contribution in [2.24, 2.45) is 0 Å². The van der Waals surface area contributed by atoms with Gasteiger partial charge in [0.25, 0.3) is 0 Å². The SMILES string of the molecule is O=P1(c2ccccc2)c2cc(-c3cc[n+](Cc4ccccc4)cc3)ccc2-c2cc[n+](Cc3ccccc3)cc21. The first-order chi connectivity index (χ1) is 19.7. The van der Waals surface area contributed by atoms with E-state index in [1.807, 2.05) is 42.5 Å². The van der Waals surface area contributed by atoms with Gasteiger partial charge in [-0.1, -0.05) is 103 Å². The van der Waals surface area contributed by atoms with Crippen molar-refractivity contribution in [1.29, 1.82) is 0 Å². The van der Waals surface area contributed by atoms with Crippen molar-refractivity contribution in [3.05, 3.63) is 163 Å². The van der Waals surface area contributed by atoms with Crippen LogP contribution in [0.5, 0.6) is 0 Å². The van der Waals surface area contributed by atoms with Crippen LogP contribution in [0.1, 0.15) is 11.1 Å². The van der Waals surface area contributed by atoms with Crippen LogP contribution in [-0.2, 0) is 17.7 Å².